The first-order valence-corrected chi connectivity index (χ1v) is 6.69. The molecular formula is C11H19IN4O. The number of halogens is 1. The Labute approximate surface area is 115 Å². The third-order valence-electron chi connectivity index (χ3n) is 2.55. The van der Waals surface area contributed by atoms with Crippen molar-refractivity contribution in [2.75, 3.05) is 32.1 Å². The Morgan fingerprint density at radius 3 is 2.71 bits per heavy atom. The summed E-state index contributed by atoms with van der Waals surface area (Å²) in [4.78, 5) is 22.7. The molecule has 5 nitrogen and oxygen atoms in total. The highest BCUT2D eigenvalue weighted by atomic mass is 127. The zero-order chi connectivity index (χ0) is 13.0. The second kappa shape index (κ2) is 6.34. The molecule has 1 aromatic rings. The molecule has 0 saturated carbocycles. The summed E-state index contributed by atoms with van der Waals surface area (Å²) < 4.78 is 0.651. The Balaban J connectivity index is 3.01. The summed E-state index contributed by atoms with van der Waals surface area (Å²) in [7, 11) is 4.08. The predicted octanol–water partition coefficient (Wildman–Crippen LogP) is 1.15. The molecule has 0 aliphatic rings. The molecule has 1 N–H and O–H groups in total. The highest BCUT2D eigenvalue weighted by Gasteiger charge is 2.18. The van der Waals surface area contributed by atoms with Gasteiger partial charge in [0, 0.05) is 19.1 Å². The van der Waals surface area contributed by atoms with Crippen LogP contribution in [-0.4, -0.2) is 48.1 Å². The van der Waals surface area contributed by atoms with Crippen molar-refractivity contribution in [1.82, 2.24) is 14.9 Å². The standard InChI is InChI=1S/C11H19IN4O/c1-5-16(8(2)6-15(3)4)10-9(12)11(17)14-7-13-10/h7-8H,5-6H2,1-4H3,(H,13,14,17). The number of aromatic amines is 1. The molecule has 0 aliphatic carbocycles. The van der Waals surface area contributed by atoms with Crippen molar-refractivity contribution in [1.29, 1.82) is 0 Å². The van der Waals surface area contributed by atoms with Crippen LogP contribution in [0.15, 0.2) is 11.1 Å². The number of likely N-dealkylation sites (N-methyl/N-ethyl adjacent to an activating group) is 2. The van der Waals surface area contributed by atoms with E-state index in [4.69, 9.17) is 0 Å². The minimum absolute atomic E-state index is 0.0777. The second-order valence-corrected chi connectivity index (χ2v) is 5.35. The molecule has 1 aromatic heterocycles. The monoisotopic (exact) mass is 350 g/mol. The molecule has 1 unspecified atom stereocenters. The fraction of sp³-hybridized carbons (Fsp3) is 0.636. The normalized spacial score (nSPS) is 12.8. The van der Waals surface area contributed by atoms with Gasteiger partial charge in [0.1, 0.15) is 9.39 Å². The first kappa shape index (κ1) is 14.4. The molecule has 1 atom stereocenters. The first-order valence-electron chi connectivity index (χ1n) is 5.61. The summed E-state index contributed by atoms with van der Waals surface area (Å²) >= 11 is 2.05. The fourth-order valence-corrected chi connectivity index (χ4v) is 2.48. The number of rotatable bonds is 5. The van der Waals surface area contributed by atoms with Crippen LogP contribution in [-0.2, 0) is 0 Å². The van der Waals surface area contributed by atoms with E-state index in [0.29, 0.717) is 9.61 Å². The van der Waals surface area contributed by atoms with Crippen molar-refractivity contribution in [3.05, 3.63) is 20.3 Å². The molecule has 0 bridgehead atoms. The smallest absolute Gasteiger partial charge is 0.266 e. The number of nitrogens with zero attached hydrogens (tertiary/aromatic N) is 3. The van der Waals surface area contributed by atoms with Crippen molar-refractivity contribution >= 4 is 28.4 Å². The van der Waals surface area contributed by atoms with Gasteiger partial charge in [-0.25, -0.2) is 4.98 Å². The molecule has 96 valence electrons. The lowest BCUT2D eigenvalue weighted by atomic mass is 10.2. The second-order valence-electron chi connectivity index (χ2n) is 4.27. The first-order chi connectivity index (χ1) is 7.97. The molecule has 0 aliphatic heterocycles. The van der Waals surface area contributed by atoms with E-state index < -0.39 is 0 Å². The average molecular weight is 350 g/mol. The molecule has 1 heterocycles. The van der Waals surface area contributed by atoms with Crippen LogP contribution in [0.3, 0.4) is 0 Å². The zero-order valence-corrected chi connectivity index (χ0v) is 12.9. The van der Waals surface area contributed by atoms with E-state index in [1.165, 1.54) is 6.33 Å². The topological polar surface area (TPSA) is 52.2 Å². The van der Waals surface area contributed by atoms with Crippen molar-refractivity contribution < 1.29 is 0 Å². The van der Waals surface area contributed by atoms with Crippen molar-refractivity contribution in [3.8, 4) is 0 Å². The summed E-state index contributed by atoms with van der Waals surface area (Å²) in [6.45, 7) is 5.98. The highest BCUT2D eigenvalue weighted by Crippen LogP contribution is 2.17. The van der Waals surface area contributed by atoms with E-state index in [2.05, 4.69) is 33.6 Å². The minimum atomic E-state index is -0.0777. The molecule has 0 aromatic carbocycles. The Morgan fingerprint density at radius 2 is 2.18 bits per heavy atom. The van der Waals surface area contributed by atoms with E-state index in [9.17, 15) is 4.79 Å². The number of H-pyrrole nitrogens is 1. The number of anilines is 1. The number of aromatic nitrogens is 2. The average Bonchev–Trinajstić information content (AvgIpc) is 2.24. The van der Waals surface area contributed by atoms with E-state index in [1.54, 1.807) is 0 Å². The fourth-order valence-electron chi connectivity index (χ4n) is 1.87. The van der Waals surface area contributed by atoms with Gasteiger partial charge in [-0.15, -0.1) is 0 Å². The maximum Gasteiger partial charge on any atom is 0.266 e. The predicted molar refractivity (Wildman–Crippen MR) is 78.6 cm³/mol. The zero-order valence-electron chi connectivity index (χ0n) is 10.7. The van der Waals surface area contributed by atoms with Gasteiger partial charge in [0.15, 0.2) is 0 Å². The third kappa shape index (κ3) is 3.67. The van der Waals surface area contributed by atoms with Crippen LogP contribution in [0.2, 0.25) is 0 Å². The van der Waals surface area contributed by atoms with Gasteiger partial charge in [-0.2, -0.15) is 0 Å². The van der Waals surface area contributed by atoms with Gasteiger partial charge < -0.3 is 14.8 Å². The molecule has 0 radical (unpaired) electrons. The van der Waals surface area contributed by atoms with Gasteiger partial charge in [-0.05, 0) is 50.5 Å². The maximum absolute atomic E-state index is 11.6. The lowest BCUT2D eigenvalue weighted by Gasteiger charge is -2.31. The maximum atomic E-state index is 11.6. The largest absolute Gasteiger partial charge is 0.352 e. The number of hydrogen-bond acceptors (Lipinski definition) is 4. The molecule has 1 rings (SSSR count). The molecule has 0 spiro atoms. The van der Waals surface area contributed by atoms with Crippen molar-refractivity contribution in [3.63, 3.8) is 0 Å². The van der Waals surface area contributed by atoms with Crippen LogP contribution < -0.4 is 10.5 Å². The van der Waals surface area contributed by atoms with Crippen LogP contribution in [0.4, 0.5) is 5.82 Å². The van der Waals surface area contributed by atoms with Gasteiger partial charge >= 0.3 is 0 Å². The van der Waals surface area contributed by atoms with Gasteiger partial charge in [0.2, 0.25) is 0 Å². The molecule has 0 fully saturated rings. The summed E-state index contributed by atoms with van der Waals surface area (Å²) in [6, 6.07) is 0.317. The van der Waals surface area contributed by atoms with E-state index >= 15 is 0 Å². The van der Waals surface area contributed by atoms with Gasteiger partial charge in [-0.1, -0.05) is 0 Å². The quantitative estimate of drug-likeness (QED) is 0.810. The Kier molecular flexibility index (Phi) is 5.38. The summed E-state index contributed by atoms with van der Waals surface area (Å²) in [5.74, 6) is 0.770. The Hall–Kier alpha value is -0.630. The summed E-state index contributed by atoms with van der Waals surface area (Å²) in [6.07, 6.45) is 1.46. The van der Waals surface area contributed by atoms with Gasteiger partial charge in [0.25, 0.3) is 5.56 Å². The molecule has 0 amide bonds. The minimum Gasteiger partial charge on any atom is -0.352 e. The van der Waals surface area contributed by atoms with Crippen molar-refractivity contribution in [2.45, 2.75) is 19.9 Å². The highest BCUT2D eigenvalue weighted by molar-refractivity contribution is 14.1. The number of hydrogen-bond donors (Lipinski definition) is 1. The van der Waals surface area contributed by atoms with Crippen LogP contribution in [0, 0.1) is 3.57 Å². The molecule has 17 heavy (non-hydrogen) atoms. The van der Waals surface area contributed by atoms with Crippen molar-refractivity contribution in [2.24, 2.45) is 0 Å². The Bertz CT molecular complexity index is 418. The Morgan fingerprint density at radius 1 is 1.53 bits per heavy atom. The van der Waals surface area contributed by atoms with Crippen LogP contribution in [0.1, 0.15) is 13.8 Å². The van der Waals surface area contributed by atoms with Crippen LogP contribution in [0.25, 0.3) is 0 Å². The van der Waals surface area contributed by atoms with E-state index in [-0.39, 0.29) is 5.56 Å². The van der Waals surface area contributed by atoms with Crippen LogP contribution in [0.5, 0.6) is 0 Å². The lowest BCUT2D eigenvalue weighted by molar-refractivity contribution is 0.372. The van der Waals surface area contributed by atoms with Crippen LogP contribution >= 0.6 is 22.6 Å². The lowest BCUT2D eigenvalue weighted by Crippen LogP contribution is -2.41. The molecular weight excluding hydrogens is 331 g/mol. The number of nitrogens with one attached hydrogen (secondary N) is 1. The van der Waals surface area contributed by atoms with E-state index in [1.807, 2.05) is 36.7 Å². The third-order valence-corrected chi connectivity index (χ3v) is 3.52. The molecule has 0 saturated heterocycles. The SMILES string of the molecule is CCN(c1nc[nH]c(=O)c1I)C(C)CN(C)C. The van der Waals surface area contributed by atoms with Gasteiger partial charge in [-0.3, -0.25) is 4.79 Å². The summed E-state index contributed by atoms with van der Waals surface area (Å²) in [5, 5.41) is 0. The van der Waals surface area contributed by atoms with Gasteiger partial charge in [0.05, 0.1) is 6.33 Å². The van der Waals surface area contributed by atoms with E-state index in [0.717, 1.165) is 18.9 Å². The molecule has 6 heteroatoms. The summed E-state index contributed by atoms with van der Waals surface area (Å²) in [5.41, 5.74) is -0.0777.